The minimum atomic E-state index is -0.483. The van der Waals surface area contributed by atoms with Gasteiger partial charge in [0.05, 0.1) is 22.3 Å². The van der Waals surface area contributed by atoms with Gasteiger partial charge in [0.25, 0.3) is 0 Å². The number of hydrogen-bond donors (Lipinski definition) is 0. The molecule has 46 heavy (non-hydrogen) atoms. The highest BCUT2D eigenvalue weighted by Crippen LogP contribution is 2.56. The van der Waals surface area contributed by atoms with Gasteiger partial charge in [-0.15, -0.1) is 0 Å². The van der Waals surface area contributed by atoms with E-state index in [-0.39, 0.29) is 0 Å². The Labute approximate surface area is 275 Å². The largest absolute Gasteiger partial charge is 0.245 e. The maximum atomic E-state index is 5.12. The number of pyridine rings is 1. The van der Waals surface area contributed by atoms with E-state index in [0.29, 0.717) is 4.73 Å². The minimum absolute atomic E-state index is 0.483. The lowest BCUT2D eigenvalue weighted by Crippen LogP contribution is -2.28. The fourth-order valence-corrected chi connectivity index (χ4v) is 7.70. The van der Waals surface area contributed by atoms with E-state index in [9.17, 15) is 0 Å². The third kappa shape index (κ3) is 4.00. The van der Waals surface area contributed by atoms with Gasteiger partial charge in [0, 0.05) is 21.9 Å². The summed E-state index contributed by atoms with van der Waals surface area (Å²) in [6, 6.07) is 56.2. The fourth-order valence-electron chi connectivity index (χ4n) is 7.35. The summed E-state index contributed by atoms with van der Waals surface area (Å²) in [4.78, 5) is 15.0. The van der Waals surface area contributed by atoms with Crippen LogP contribution < -0.4 is 0 Å². The Morgan fingerprint density at radius 3 is 1.80 bits per heavy atom. The molecule has 0 saturated carbocycles. The van der Waals surface area contributed by atoms with Crippen molar-refractivity contribution in [3.8, 4) is 33.6 Å². The van der Waals surface area contributed by atoms with Gasteiger partial charge in [0.1, 0.15) is 5.52 Å². The third-order valence-electron chi connectivity index (χ3n) is 9.30. The van der Waals surface area contributed by atoms with Gasteiger partial charge in [-0.2, -0.15) is 0 Å². The van der Waals surface area contributed by atoms with Gasteiger partial charge in [-0.25, -0.2) is 15.0 Å². The zero-order valence-electron chi connectivity index (χ0n) is 24.7. The number of aromatic nitrogens is 3. The number of halogens is 1. The van der Waals surface area contributed by atoms with Crippen LogP contribution >= 0.6 is 15.9 Å². The second-order valence-corrected chi connectivity index (χ2v) is 12.4. The van der Waals surface area contributed by atoms with E-state index in [0.717, 1.165) is 44.3 Å². The molecule has 0 atom stereocenters. The summed E-state index contributed by atoms with van der Waals surface area (Å²) < 4.78 is 0.536. The Hall–Kier alpha value is -5.45. The van der Waals surface area contributed by atoms with Gasteiger partial charge >= 0.3 is 0 Å². The molecule has 0 radical (unpaired) electrons. The summed E-state index contributed by atoms with van der Waals surface area (Å²) in [6.45, 7) is 0. The minimum Gasteiger partial charge on any atom is -0.245 e. The third-order valence-corrected chi connectivity index (χ3v) is 9.65. The van der Waals surface area contributed by atoms with E-state index < -0.39 is 5.41 Å². The van der Waals surface area contributed by atoms with Crippen LogP contribution in [0.25, 0.3) is 55.4 Å². The van der Waals surface area contributed by atoms with E-state index in [2.05, 4.69) is 155 Å². The first-order chi connectivity index (χ1) is 22.7. The number of hydrogen-bond acceptors (Lipinski definition) is 3. The van der Waals surface area contributed by atoms with Crippen LogP contribution in [-0.4, -0.2) is 15.0 Å². The summed E-state index contributed by atoms with van der Waals surface area (Å²) in [5, 5.41) is 2.01. The SMILES string of the molecule is Brc1nc(-c2cccc(C3(c4ccccc4)c4ccccc4-c4ccccc43)c2)c2ccc3ccc(-c4ccccc4)nc3c2n1. The molecule has 0 amide bonds. The standard InChI is InChI=1S/C42H26BrN3/c43-41-45-38(34-24-22-28-23-25-37(27-12-3-1-4-13-27)44-39(28)40(34)46-41)29-14-11-17-31(26-29)42(30-15-5-2-6-16-30)35-20-9-7-18-32(35)33-19-8-10-21-36(33)42/h1-26H. The zero-order valence-corrected chi connectivity index (χ0v) is 26.3. The monoisotopic (exact) mass is 651 g/mol. The lowest BCUT2D eigenvalue weighted by Gasteiger charge is -2.34. The molecule has 0 aliphatic heterocycles. The lowest BCUT2D eigenvalue weighted by atomic mass is 9.67. The van der Waals surface area contributed by atoms with Gasteiger partial charge in [0.15, 0.2) is 4.73 Å². The summed E-state index contributed by atoms with van der Waals surface area (Å²) in [6.07, 6.45) is 0. The van der Waals surface area contributed by atoms with Crippen molar-refractivity contribution in [1.82, 2.24) is 15.0 Å². The predicted molar refractivity (Wildman–Crippen MR) is 191 cm³/mol. The van der Waals surface area contributed by atoms with Gasteiger partial charge in [-0.1, -0.05) is 140 Å². The topological polar surface area (TPSA) is 38.7 Å². The fraction of sp³-hybridized carbons (Fsp3) is 0.0238. The molecule has 0 saturated heterocycles. The molecule has 1 aliphatic carbocycles. The van der Waals surface area contributed by atoms with Crippen LogP contribution in [0.4, 0.5) is 0 Å². The smallest absolute Gasteiger partial charge is 0.197 e. The van der Waals surface area contributed by atoms with Gasteiger partial charge < -0.3 is 0 Å². The number of benzene rings is 6. The zero-order chi connectivity index (χ0) is 30.7. The van der Waals surface area contributed by atoms with Crippen LogP contribution in [0.2, 0.25) is 0 Å². The van der Waals surface area contributed by atoms with Crippen molar-refractivity contribution < 1.29 is 0 Å². The van der Waals surface area contributed by atoms with Crippen LogP contribution in [0.3, 0.4) is 0 Å². The highest BCUT2D eigenvalue weighted by atomic mass is 79.9. The molecular formula is C42H26BrN3. The maximum absolute atomic E-state index is 5.12. The first-order valence-corrected chi connectivity index (χ1v) is 16.2. The molecule has 8 aromatic rings. The highest BCUT2D eigenvalue weighted by Gasteiger charge is 2.45. The molecule has 2 aromatic heterocycles. The van der Waals surface area contributed by atoms with E-state index in [1.54, 1.807) is 0 Å². The van der Waals surface area contributed by atoms with E-state index in [1.165, 1.54) is 33.4 Å². The molecule has 6 aromatic carbocycles. The number of nitrogens with zero attached hydrogens (tertiary/aromatic N) is 3. The number of rotatable bonds is 4. The Morgan fingerprint density at radius 1 is 0.457 bits per heavy atom. The van der Waals surface area contributed by atoms with Crippen LogP contribution in [0.1, 0.15) is 22.3 Å². The normalized spacial score (nSPS) is 13.1. The molecule has 9 rings (SSSR count). The van der Waals surface area contributed by atoms with Gasteiger partial charge in [0.2, 0.25) is 0 Å². The Bertz CT molecular complexity index is 2390. The van der Waals surface area contributed by atoms with Crippen LogP contribution in [0.5, 0.6) is 0 Å². The second-order valence-electron chi connectivity index (χ2n) is 11.7. The lowest BCUT2D eigenvalue weighted by molar-refractivity contribution is 0.769. The summed E-state index contributed by atoms with van der Waals surface area (Å²) in [5.41, 5.74) is 12.7. The second kappa shape index (κ2) is 10.6. The van der Waals surface area contributed by atoms with Crippen molar-refractivity contribution in [2.45, 2.75) is 5.41 Å². The molecule has 0 N–H and O–H groups in total. The molecule has 0 unspecified atom stereocenters. The predicted octanol–water partition coefficient (Wildman–Crippen LogP) is 10.6. The Balaban J connectivity index is 1.30. The van der Waals surface area contributed by atoms with Crippen LogP contribution in [0.15, 0.2) is 162 Å². The average molecular weight is 653 g/mol. The molecule has 2 heterocycles. The van der Waals surface area contributed by atoms with Crippen molar-refractivity contribution in [1.29, 1.82) is 0 Å². The molecule has 0 bridgehead atoms. The molecule has 3 nitrogen and oxygen atoms in total. The Kier molecular flexibility index (Phi) is 6.19. The Morgan fingerprint density at radius 2 is 1.07 bits per heavy atom. The van der Waals surface area contributed by atoms with Gasteiger partial charge in [-0.3, -0.25) is 0 Å². The summed E-state index contributed by atoms with van der Waals surface area (Å²) in [7, 11) is 0. The molecule has 216 valence electrons. The molecule has 0 spiro atoms. The van der Waals surface area contributed by atoms with E-state index in [1.807, 2.05) is 18.2 Å². The molecular weight excluding hydrogens is 626 g/mol. The first-order valence-electron chi connectivity index (χ1n) is 15.4. The van der Waals surface area contributed by atoms with Crippen molar-refractivity contribution >= 4 is 37.7 Å². The van der Waals surface area contributed by atoms with Crippen LogP contribution in [0, 0.1) is 0 Å². The van der Waals surface area contributed by atoms with Crippen LogP contribution in [-0.2, 0) is 5.41 Å². The van der Waals surface area contributed by atoms with E-state index >= 15 is 0 Å². The summed E-state index contributed by atoms with van der Waals surface area (Å²) in [5.74, 6) is 0. The van der Waals surface area contributed by atoms with Crippen molar-refractivity contribution in [2.24, 2.45) is 0 Å². The van der Waals surface area contributed by atoms with Gasteiger partial charge in [-0.05, 0) is 67.5 Å². The summed E-state index contributed by atoms with van der Waals surface area (Å²) >= 11 is 3.65. The average Bonchev–Trinajstić information content (AvgIpc) is 3.43. The van der Waals surface area contributed by atoms with Crippen molar-refractivity contribution in [3.63, 3.8) is 0 Å². The maximum Gasteiger partial charge on any atom is 0.197 e. The van der Waals surface area contributed by atoms with Crippen molar-refractivity contribution in [3.05, 3.63) is 185 Å². The number of fused-ring (bicyclic) bond motifs is 6. The molecule has 1 aliphatic rings. The first kappa shape index (κ1) is 26.9. The van der Waals surface area contributed by atoms with Crippen molar-refractivity contribution in [2.75, 3.05) is 0 Å². The van der Waals surface area contributed by atoms with E-state index in [4.69, 9.17) is 15.0 Å². The molecule has 0 fully saturated rings. The highest BCUT2D eigenvalue weighted by molar-refractivity contribution is 9.10. The molecule has 4 heteroatoms. The quantitative estimate of drug-likeness (QED) is 0.140.